The number of carbonyl (C=O) groups excluding carboxylic acids is 1. The summed E-state index contributed by atoms with van der Waals surface area (Å²) in [4.78, 5) is 16.7. The molecule has 0 bridgehead atoms. The van der Waals surface area contributed by atoms with Gasteiger partial charge in [-0.2, -0.15) is 5.10 Å². The molecule has 0 spiro atoms. The Morgan fingerprint density at radius 1 is 1.36 bits per heavy atom. The summed E-state index contributed by atoms with van der Waals surface area (Å²) in [6.07, 6.45) is 1.60. The Balaban J connectivity index is 1.88. The standard InChI is InChI=1S/C18H18N4O2S/c1-3-24-15-9-8-12-6-4-5-7-13(12)14(15)10-20-22-17(23)16-11(2)21-18(19)25-16/h4-10H,3H2,1-2H3,(H2,19,21)(H,22,23)/b20-10-. The fourth-order valence-corrected chi connectivity index (χ4v) is 3.25. The van der Waals surface area contributed by atoms with Gasteiger partial charge in [-0.3, -0.25) is 4.79 Å². The van der Waals surface area contributed by atoms with Gasteiger partial charge in [0.15, 0.2) is 5.13 Å². The number of rotatable bonds is 5. The van der Waals surface area contributed by atoms with Gasteiger partial charge < -0.3 is 10.5 Å². The molecule has 0 atom stereocenters. The van der Waals surface area contributed by atoms with Crippen molar-refractivity contribution in [3.63, 3.8) is 0 Å². The Labute approximate surface area is 149 Å². The largest absolute Gasteiger partial charge is 0.493 e. The molecule has 0 unspecified atom stereocenters. The van der Waals surface area contributed by atoms with Gasteiger partial charge in [0.1, 0.15) is 10.6 Å². The molecule has 0 fully saturated rings. The predicted octanol–water partition coefficient (Wildman–Crippen LogP) is 3.35. The molecule has 0 aliphatic carbocycles. The van der Waals surface area contributed by atoms with Crippen molar-refractivity contribution in [2.45, 2.75) is 13.8 Å². The first-order valence-electron chi connectivity index (χ1n) is 7.81. The number of carbonyl (C=O) groups is 1. The second-order valence-corrected chi connectivity index (χ2v) is 6.33. The van der Waals surface area contributed by atoms with Crippen molar-refractivity contribution in [3.8, 4) is 5.75 Å². The average Bonchev–Trinajstić information content (AvgIpc) is 2.95. The number of amides is 1. The highest BCUT2D eigenvalue weighted by Crippen LogP contribution is 2.26. The Morgan fingerprint density at radius 3 is 2.88 bits per heavy atom. The van der Waals surface area contributed by atoms with E-state index in [9.17, 15) is 4.79 Å². The van der Waals surface area contributed by atoms with Crippen LogP contribution in [0.1, 0.15) is 27.9 Å². The number of aryl methyl sites for hydroxylation is 1. The van der Waals surface area contributed by atoms with E-state index in [-0.39, 0.29) is 5.91 Å². The van der Waals surface area contributed by atoms with Gasteiger partial charge in [-0.1, -0.05) is 41.7 Å². The molecule has 2 aromatic carbocycles. The molecule has 7 heteroatoms. The van der Waals surface area contributed by atoms with Crippen LogP contribution < -0.4 is 15.9 Å². The maximum absolute atomic E-state index is 12.2. The molecule has 3 N–H and O–H groups in total. The summed E-state index contributed by atoms with van der Waals surface area (Å²) in [7, 11) is 0. The SMILES string of the molecule is CCOc1ccc2ccccc2c1/C=N\NC(=O)c1sc(N)nc1C. The zero-order valence-corrected chi connectivity index (χ0v) is 14.8. The summed E-state index contributed by atoms with van der Waals surface area (Å²) in [5.41, 5.74) is 9.56. The van der Waals surface area contributed by atoms with Crippen molar-refractivity contribution in [1.29, 1.82) is 0 Å². The molecule has 1 heterocycles. The van der Waals surface area contributed by atoms with Crippen LogP contribution in [0.15, 0.2) is 41.5 Å². The molecule has 128 valence electrons. The van der Waals surface area contributed by atoms with Crippen molar-refractivity contribution in [1.82, 2.24) is 10.4 Å². The maximum atomic E-state index is 12.2. The quantitative estimate of drug-likeness (QED) is 0.543. The van der Waals surface area contributed by atoms with Gasteiger partial charge in [0, 0.05) is 5.56 Å². The van der Waals surface area contributed by atoms with E-state index in [0.29, 0.717) is 22.3 Å². The number of ether oxygens (including phenoxy) is 1. The first-order valence-corrected chi connectivity index (χ1v) is 8.62. The van der Waals surface area contributed by atoms with Gasteiger partial charge in [0.05, 0.1) is 18.5 Å². The Bertz CT molecular complexity index is 949. The van der Waals surface area contributed by atoms with Crippen LogP contribution in [0, 0.1) is 6.92 Å². The lowest BCUT2D eigenvalue weighted by molar-refractivity contribution is 0.0958. The topological polar surface area (TPSA) is 89.6 Å². The van der Waals surface area contributed by atoms with Crippen LogP contribution in [-0.2, 0) is 0 Å². The number of hydrazone groups is 1. The van der Waals surface area contributed by atoms with Crippen molar-refractivity contribution in [2.75, 3.05) is 12.3 Å². The fourth-order valence-electron chi connectivity index (χ4n) is 2.52. The van der Waals surface area contributed by atoms with Crippen LogP contribution in [0.25, 0.3) is 10.8 Å². The summed E-state index contributed by atoms with van der Waals surface area (Å²) >= 11 is 1.14. The van der Waals surface area contributed by atoms with Crippen LogP contribution in [0.2, 0.25) is 0 Å². The first-order chi connectivity index (χ1) is 12.1. The van der Waals surface area contributed by atoms with Gasteiger partial charge in [-0.25, -0.2) is 10.4 Å². The molecular weight excluding hydrogens is 336 g/mol. The minimum atomic E-state index is -0.332. The van der Waals surface area contributed by atoms with Gasteiger partial charge in [0.25, 0.3) is 5.91 Å². The Morgan fingerprint density at radius 2 is 2.16 bits per heavy atom. The molecule has 0 radical (unpaired) electrons. The number of thiazole rings is 1. The Kier molecular flexibility index (Phi) is 4.95. The van der Waals surface area contributed by atoms with Gasteiger partial charge in [-0.05, 0) is 30.7 Å². The molecule has 0 aliphatic heterocycles. The summed E-state index contributed by atoms with van der Waals surface area (Å²) in [6.45, 7) is 4.21. The number of aromatic nitrogens is 1. The smallest absolute Gasteiger partial charge is 0.283 e. The molecule has 0 saturated heterocycles. The third-order valence-corrected chi connectivity index (χ3v) is 4.59. The van der Waals surface area contributed by atoms with Gasteiger partial charge in [-0.15, -0.1) is 0 Å². The third-order valence-electron chi connectivity index (χ3n) is 3.61. The highest BCUT2D eigenvalue weighted by Gasteiger charge is 2.13. The number of anilines is 1. The van der Waals surface area contributed by atoms with Gasteiger partial charge >= 0.3 is 0 Å². The maximum Gasteiger partial charge on any atom is 0.283 e. The molecule has 0 saturated carbocycles. The minimum absolute atomic E-state index is 0.332. The molecular formula is C18H18N4O2S. The van der Waals surface area contributed by atoms with Crippen LogP contribution in [0.5, 0.6) is 5.75 Å². The molecule has 6 nitrogen and oxygen atoms in total. The van der Waals surface area contributed by atoms with Crippen LogP contribution >= 0.6 is 11.3 Å². The lowest BCUT2D eigenvalue weighted by Crippen LogP contribution is -2.17. The summed E-state index contributed by atoms with van der Waals surface area (Å²) in [6, 6.07) is 11.8. The molecule has 1 aromatic heterocycles. The van der Waals surface area contributed by atoms with Crippen molar-refractivity contribution in [2.24, 2.45) is 5.10 Å². The number of nitrogens with two attached hydrogens (primary N) is 1. The molecule has 3 aromatic rings. The number of nitrogen functional groups attached to an aromatic ring is 1. The lowest BCUT2D eigenvalue weighted by atomic mass is 10.0. The van der Waals surface area contributed by atoms with E-state index in [2.05, 4.69) is 15.5 Å². The van der Waals surface area contributed by atoms with E-state index in [1.807, 2.05) is 43.3 Å². The van der Waals surface area contributed by atoms with Crippen LogP contribution in [0.4, 0.5) is 5.13 Å². The normalized spacial score (nSPS) is 11.1. The summed E-state index contributed by atoms with van der Waals surface area (Å²) in [5, 5.41) is 6.53. The minimum Gasteiger partial charge on any atom is -0.493 e. The number of nitrogens with zero attached hydrogens (tertiary/aromatic N) is 2. The lowest BCUT2D eigenvalue weighted by Gasteiger charge is -2.10. The van der Waals surface area contributed by atoms with Crippen molar-refractivity contribution < 1.29 is 9.53 Å². The predicted molar refractivity (Wildman–Crippen MR) is 101 cm³/mol. The summed E-state index contributed by atoms with van der Waals surface area (Å²) in [5.74, 6) is 0.388. The monoisotopic (exact) mass is 354 g/mol. The molecule has 3 rings (SSSR count). The second kappa shape index (κ2) is 7.31. The molecule has 25 heavy (non-hydrogen) atoms. The number of hydrogen-bond donors (Lipinski definition) is 2. The highest BCUT2D eigenvalue weighted by molar-refractivity contribution is 7.17. The van der Waals surface area contributed by atoms with E-state index in [4.69, 9.17) is 10.5 Å². The van der Waals surface area contributed by atoms with E-state index in [1.54, 1.807) is 13.1 Å². The highest BCUT2D eigenvalue weighted by atomic mass is 32.1. The number of benzene rings is 2. The summed E-state index contributed by atoms with van der Waals surface area (Å²) < 4.78 is 5.68. The van der Waals surface area contributed by atoms with E-state index >= 15 is 0 Å². The fraction of sp³-hybridized carbons (Fsp3) is 0.167. The number of hydrogen-bond acceptors (Lipinski definition) is 6. The number of fused-ring (bicyclic) bond motifs is 1. The van der Waals surface area contributed by atoms with E-state index < -0.39 is 0 Å². The molecule has 0 aliphatic rings. The zero-order chi connectivity index (χ0) is 17.8. The van der Waals surface area contributed by atoms with Crippen molar-refractivity contribution in [3.05, 3.63) is 52.5 Å². The second-order valence-electron chi connectivity index (χ2n) is 5.30. The van der Waals surface area contributed by atoms with E-state index in [0.717, 1.165) is 33.4 Å². The van der Waals surface area contributed by atoms with Crippen LogP contribution in [-0.4, -0.2) is 23.7 Å². The molecule has 1 amide bonds. The third kappa shape index (κ3) is 3.61. The first kappa shape index (κ1) is 16.9. The number of nitrogens with one attached hydrogen (secondary N) is 1. The van der Waals surface area contributed by atoms with Gasteiger partial charge in [0.2, 0.25) is 0 Å². The van der Waals surface area contributed by atoms with Crippen molar-refractivity contribution >= 4 is 39.4 Å². The van der Waals surface area contributed by atoms with E-state index in [1.165, 1.54) is 0 Å². The Hall–Kier alpha value is -2.93. The van der Waals surface area contributed by atoms with Crippen LogP contribution in [0.3, 0.4) is 0 Å². The average molecular weight is 354 g/mol. The zero-order valence-electron chi connectivity index (χ0n) is 13.9.